The second-order valence-corrected chi connectivity index (χ2v) is 6.77. The predicted octanol–water partition coefficient (Wildman–Crippen LogP) is 7.02. The molecular weight excluding hydrogens is 284 g/mol. The first-order valence-corrected chi connectivity index (χ1v) is 10.3. The Hall–Kier alpha value is -0.530. The fraction of sp³-hybridized carbons (Fsp3) is 0.905. The third kappa shape index (κ3) is 19.4. The molecule has 0 heterocycles. The van der Waals surface area contributed by atoms with Crippen LogP contribution in [0.25, 0.3) is 0 Å². The SMILES string of the molecule is [CH2]CCCCCCCC(=O)OCCCCCCCCCCCC. The molecule has 0 saturated heterocycles. The van der Waals surface area contributed by atoms with Crippen LogP contribution < -0.4 is 0 Å². The highest BCUT2D eigenvalue weighted by Crippen LogP contribution is 2.11. The van der Waals surface area contributed by atoms with Crippen molar-refractivity contribution in [2.75, 3.05) is 6.61 Å². The highest BCUT2D eigenvalue weighted by Gasteiger charge is 2.02. The van der Waals surface area contributed by atoms with Crippen LogP contribution in [0, 0.1) is 6.92 Å². The van der Waals surface area contributed by atoms with Crippen LogP contribution in [0.4, 0.5) is 0 Å². The number of hydrogen-bond acceptors (Lipinski definition) is 2. The summed E-state index contributed by atoms with van der Waals surface area (Å²) in [6.07, 6.45) is 20.6. The van der Waals surface area contributed by atoms with Crippen molar-refractivity contribution in [1.82, 2.24) is 0 Å². The van der Waals surface area contributed by atoms with E-state index in [0.717, 1.165) is 25.7 Å². The molecule has 0 unspecified atom stereocenters. The highest BCUT2D eigenvalue weighted by atomic mass is 16.5. The lowest BCUT2D eigenvalue weighted by atomic mass is 10.1. The summed E-state index contributed by atoms with van der Waals surface area (Å²) in [6.45, 7) is 6.72. The minimum absolute atomic E-state index is 0.00178. The minimum atomic E-state index is -0.00178. The topological polar surface area (TPSA) is 26.3 Å². The second kappa shape index (κ2) is 19.5. The van der Waals surface area contributed by atoms with Gasteiger partial charge in [-0.15, -0.1) is 0 Å². The van der Waals surface area contributed by atoms with E-state index in [1.807, 2.05) is 0 Å². The Morgan fingerprint density at radius 1 is 0.696 bits per heavy atom. The summed E-state index contributed by atoms with van der Waals surface area (Å²) in [4.78, 5) is 11.6. The number of ether oxygens (including phenoxy) is 1. The summed E-state index contributed by atoms with van der Waals surface area (Å²) < 4.78 is 5.29. The van der Waals surface area contributed by atoms with Crippen LogP contribution in [0.3, 0.4) is 0 Å². The van der Waals surface area contributed by atoms with E-state index in [9.17, 15) is 4.79 Å². The van der Waals surface area contributed by atoms with Gasteiger partial charge in [0.05, 0.1) is 6.61 Å². The summed E-state index contributed by atoms with van der Waals surface area (Å²) >= 11 is 0. The van der Waals surface area contributed by atoms with E-state index in [1.165, 1.54) is 77.0 Å². The number of esters is 1. The Balaban J connectivity index is 3.11. The van der Waals surface area contributed by atoms with Gasteiger partial charge in [-0.2, -0.15) is 0 Å². The lowest BCUT2D eigenvalue weighted by molar-refractivity contribution is -0.143. The maximum atomic E-state index is 11.6. The summed E-state index contributed by atoms with van der Waals surface area (Å²) in [5.74, 6) is -0.00178. The Kier molecular flexibility index (Phi) is 19.1. The zero-order valence-electron chi connectivity index (χ0n) is 15.8. The molecule has 0 aliphatic carbocycles. The van der Waals surface area contributed by atoms with Gasteiger partial charge in [0, 0.05) is 6.42 Å². The van der Waals surface area contributed by atoms with Gasteiger partial charge in [-0.1, -0.05) is 104 Å². The van der Waals surface area contributed by atoms with Crippen molar-refractivity contribution in [1.29, 1.82) is 0 Å². The fourth-order valence-electron chi connectivity index (χ4n) is 2.82. The number of carbonyl (C=O) groups is 1. The number of unbranched alkanes of at least 4 members (excludes halogenated alkanes) is 14. The van der Waals surface area contributed by atoms with Crippen LogP contribution in [-0.2, 0) is 9.53 Å². The van der Waals surface area contributed by atoms with Crippen molar-refractivity contribution in [2.45, 2.75) is 116 Å². The summed E-state index contributed by atoms with van der Waals surface area (Å²) in [5.41, 5.74) is 0. The summed E-state index contributed by atoms with van der Waals surface area (Å²) in [7, 11) is 0. The van der Waals surface area contributed by atoms with Crippen LogP contribution >= 0.6 is 0 Å². The molecule has 0 fully saturated rings. The largest absolute Gasteiger partial charge is 0.466 e. The number of carbonyl (C=O) groups excluding carboxylic acids is 1. The van der Waals surface area contributed by atoms with Gasteiger partial charge in [-0.3, -0.25) is 4.79 Å². The molecule has 0 aromatic carbocycles. The molecule has 0 aromatic heterocycles. The maximum Gasteiger partial charge on any atom is 0.305 e. The predicted molar refractivity (Wildman–Crippen MR) is 100 cm³/mol. The Bertz CT molecular complexity index is 238. The van der Waals surface area contributed by atoms with E-state index in [1.54, 1.807) is 0 Å². The summed E-state index contributed by atoms with van der Waals surface area (Å²) in [5, 5.41) is 0. The normalized spacial score (nSPS) is 10.9. The zero-order chi connectivity index (χ0) is 17.0. The monoisotopic (exact) mass is 325 g/mol. The zero-order valence-corrected chi connectivity index (χ0v) is 15.8. The van der Waals surface area contributed by atoms with Crippen molar-refractivity contribution in [3.05, 3.63) is 6.92 Å². The highest BCUT2D eigenvalue weighted by molar-refractivity contribution is 5.69. The van der Waals surface area contributed by atoms with E-state index in [0.29, 0.717) is 13.0 Å². The van der Waals surface area contributed by atoms with Crippen molar-refractivity contribution in [3.8, 4) is 0 Å². The molecular formula is C21H41O2. The van der Waals surface area contributed by atoms with Gasteiger partial charge in [-0.25, -0.2) is 0 Å². The fourth-order valence-corrected chi connectivity index (χ4v) is 2.82. The maximum absolute atomic E-state index is 11.6. The third-order valence-corrected chi connectivity index (χ3v) is 4.39. The molecule has 1 radical (unpaired) electrons. The molecule has 137 valence electrons. The molecule has 0 N–H and O–H groups in total. The molecule has 0 amide bonds. The van der Waals surface area contributed by atoms with Gasteiger partial charge >= 0.3 is 5.97 Å². The van der Waals surface area contributed by atoms with E-state index in [4.69, 9.17) is 4.74 Å². The van der Waals surface area contributed by atoms with Gasteiger partial charge in [0.25, 0.3) is 0 Å². The van der Waals surface area contributed by atoms with E-state index < -0.39 is 0 Å². The van der Waals surface area contributed by atoms with Gasteiger partial charge in [-0.05, 0) is 12.8 Å². The molecule has 2 heteroatoms. The van der Waals surface area contributed by atoms with E-state index >= 15 is 0 Å². The van der Waals surface area contributed by atoms with Gasteiger partial charge in [0.2, 0.25) is 0 Å². The van der Waals surface area contributed by atoms with Gasteiger partial charge < -0.3 is 4.74 Å². The molecule has 0 bridgehead atoms. The van der Waals surface area contributed by atoms with Crippen LogP contribution in [0.5, 0.6) is 0 Å². The molecule has 0 aliphatic heterocycles. The Morgan fingerprint density at radius 3 is 1.74 bits per heavy atom. The standard InChI is InChI=1S/C21H41O2/c1-3-5-7-9-11-12-13-14-16-18-20-23-21(22)19-17-15-10-8-6-4-2/h2-20H2,1H3. The smallest absolute Gasteiger partial charge is 0.305 e. The lowest BCUT2D eigenvalue weighted by Gasteiger charge is -2.05. The molecule has 0 rings (SSSR count). The molecule has 0 spiro atoms. The third-order valence-electron chi connectivity index (χ3n) is 4.39. The second-order valence-electron chi connectivity index (χ2n) is 6.77. The van der Waals surface area contributed by atoms with Crippen LogP contribution in [0.1, 0.15) is 116 Å². The molecule has 0 atom stereocenters. The Morgan fingerprint density at radius 2 is 1.17 bits per heavy atom. The first-order chi connectivity index (χ1) is 11.3. The van der Waals surface area contributed by atoms with Crippen molar-refractivity contribution in [3.63, 3.8) is 0 Å². The minimum Gasteiger partial charge on any atom is -0.466 e. The number of hydrogen-bond donors (Lipinski definition) is 0. The quantitative estimate of drug-likeness (QED) is 0.200. The van der Waals surface area contributed by atoms with E-state index in [-0.39, 0.29) is 5.97 Å². The first-order valence-electron chi connectivity index (χ1n) is 10.3. The summed E-state index contributed by atoms with van der Waals surface area (Å²) in [6, 6.07) is 0. The van der Waals surface area contributed by atoms with Crippen LogP contribution in [0.15, 0.2) is 0 Å². The molecule has 23 heavy (non-hydrogen) atoms. The number of rotatable bonds is 18. The van der Waals surface area contributed by atoms with Crippen molar-refractivity contribution in [2.24, 2.45) is 0 Å². The molecule has 0 aliphatic rings. The van der Waals surface area contributed by atoms with Gasteiger partial charge in [0.1, 0.15) is 0 Å². The average Bonchev–Trinajstić information content (AvgIpc) is 2.56. The van der Waals surface area contributed by atoms with Crippen molar-refractivity contribution >= 4 is 5.97 Å². The first kappa shape index (κ1) is 22.5. The lowest BCUT2D eigenvalue weighted by Crippen LogP contribution is -2.05. The average molecular weight is 326 g/mol. The molecule has 0 saturated carbocycles. The van der Waals surface area contributed by atoms with Gasteiger partial charge in [0.15, 0.2) is 0 Å². The Labute approximate surface area is 145 Å². The molecule has 2 nitrogen and oxygen atoms in total. The van der Waals surface area contributed by atoms with Crippen LogP contribution in [0.2, 0.25) is 0 Å². The van der Waals surface area contributed by atoms with Crippen LogP contribution in [-0.4, -0.2) is 12.6 Å². The van der Waals surface area contributed by atoms with E-state index in [2.05, 4.69) is 13.8 Å². The van der Waals surface area contributed by atoms with Crippen molar-refractivity contribution < 1.29 is 9.53 Å². The molecule has 0 aromatic rings.